The number of rotatable bonds is 8. The van der Waals surface area contributed by atoms with Crippen molar-refractivity contribution in [2.75, 3.05) is 19.7 Å². The number of benzene rings is 1. The molecule has 0 heterocycles. The molecule has 7 heteroatoms. The summed E-state index contributed by atoms with van der Waals surface area (Å²) in [6, 6.07) is 7.25. The van der Waals surface area contributed by atoms with Crippen LogP contribution >= 0.6 is 0 Å². The predicted octanol–water partition coefficient (Wildman–Crippen LogP) is 1.34. The summed E-state index contributed by atoms with van der Waals surface area (Å²) in [6.07, 6.45) is 0.327. The van der Waals surface area contributed by atoms with E-state index in [-0.39, 0.29) is 5.91 Å². The summed E-state index contributed by atoms with van der Waals surface area (Å²) in [5, 5.41) is 6.16. The van der Waals surface area contributed by atoms with Crippen molar-refractivity contribution >= 4 is 5.91 Å². The van der Waals surface area contributed by atoms with Gasteiger partial charge in [-0.3, -0.25) is 4.79 Å². The summed E-state index contributed by atoms with van der Waals surface area (Å²) in [4.78, 5) is 13.8. The molecule has 0 aliphatic rings. The number of hydrogen-bond acceptors (Lipinski definition) is 4. The molecule has 0 unspecified atom stereocenters. The molecule has 1 amide bonds. The van der Waals surface area contributed by atoms with Crippen LogP contribution in [0.15, 0.2) is 29.4 Å². The molecule has 0 spiro atoms. The Bertz CT molecular complexity index is 440. The molecule has 0 saturated carbocycles. The van der Waals surface area contributed by atoms with Crippen molar-refractivity contribution in [1.29, 1.82) is 0 Å². The van der Waals surface area contributed by atoms with Crippen LogP contribution in [0, 0.1) is 0 Å². The number of ether oxygens (including phenoxy) is 1. The molecular weight excluding hydrogens is 246 g/mol. The zero-order valence-electron chi connectivity index (χ0n) is 10.6. The lowest BCUT2D eigenvalue weighted by molar-refractivity contribution is -0.120. The van der Waals surface area contributed by atoms with Crippen LogP contribution in [-0.4, -0.2) is 25.6 Å². The van der Waals surface area contributed by atoms with Gasteiger partial charge in [-0.05, 0) is 23.2 Å². The predicted molar refractivity (Wildman–Crippen MR) is 71.5 cm³/mol. The van der Waals surface area contributed by atoms with E-state index in [1.165, 1.54) is 0 Å². The summed E-state index contributed by atoms with van der Waals surface area (Å²) in [5.74, 6) is 0.633. The molecule has 0 saturated heterocycles. The van der Waals surface area contributed by atoms with Gasteiger partial charge < -0.3 is 15.8 Å². The van der Waals surface area contributed by atoms with Gasteiger partial charge in [-0.25, -0.2) is 0 Å². The van der Waals surface area contributed by atoms with Crippen LogP contribution in [0.4, 0.5) is 0 Å². The van der Waals surface area contributed by atoms with Crippen molar-refractivity contribution in [3.05, 3.63) is 40.3 Å². The van der Waals surface area contributed by atoms with Crippen LogP contribution in [-0.2, 0) is 11.3 Å². The van der Waals surface area contributed by atoms with Gasteiger partial charge >= 0.3 is 0 Å². The first-order chi connectivity index (χ1) is 9.26. The largest absolute Gasteiger partial charge is 0.492 e. The average molecular weight is 263 g/mol. The smallest absolute Gasteiger partial charge is 0.221 e. The van der Waals surface area contributed by atoms with E-state index in [9.17, 15) is 4.79 Å². The van der Waals surface area contributed by atoms with Crippen molar-refractivity contribution in [2.24, 2.45) is 10.8 Å². The van der Waals surface area contributed by atoms with Crippen LogP contribution < -0.4 is 15.8 Å². The highest BCUT2D eigenvalue weighted by Gasteiger charge is 1.99. The third-order valence-electron chi connectivity index (χ3n) is 2.30. The second-order valence-corrected chi connectivity index (χ2v) is 3.77. The maximum absolute atomic E-state index is 11.1. The van der Waals surface area contributed by atoms with E-state index >= 15 is 0 Å². The van der Waals surface area contributed by atoms with Gasteiger partial charge in [-0.15, -0.1) is 0 Å². The molecule has 0 radical (unpaired) electrons. The lowest BCUT2D eigenvalue weighted by Gasteiger charge is -2.07. The van der Waals surface area contributed by atoms with E-state index < -0.39 is 0 Å². The fraction of sp³-hybridized carbons (Fsp3) is 0.417. The number of amides is 1. The van der Waals surface area contributed by atoms with Gasteiger partial charge in [0.1, 0.15) is 12.4 Å². The summed E-state index contributed by atoms with van der Waals surface area (Å²) in [5.41, 5.74) is 14.4. The van der Waals surface area contributed by atoms with E-state index in [2.05, 4.69) is 15.3 Å². The molecule has 0 atom stereocenters. The summed E-state index contributed by atoms with van der Waals surface area (Å²) in [7, 11) is 0. The minimum atomic E-state index is -0.0733. The van der Waals surface area contributed by atoms with Gasteiger partial charge in [-0.1, -0.05) is 17.2 Å². The SMILES string of the molecule is [N-]=[N+]=NCc1ccc(OCCNC(=O)CCN)cc1. The topological polar surface area (TPSA) is 113 Å². The highest BCUT2D eigenvalue weighted by molar-refractivity contribution is 5.75. The monoisotopic (exact) mass is 263 g/mol. The molecule has 0 fully saturated rings. The first-order valence-corrected chi connectivity index (χ1v) is 5.95. The van der Waals surface area contributed by atoms with E-state index in [0.717, 1.165) is 5.56 Å². The van der Waals surface area contributed by atoms with Gasteiger partial charge in [0, 0.05) is 17.9 Å². The Balaban J connectivity index is 2.26. The molecule has 0 aliphatic heterocycles. The van der Waals surface area contributed by atoms with Crippen molar-refractivity contribution in [1.82, 2.24) is 5.32 Å². The van der Waals surface area contributed by atoms with E-state index in [1.807, 2.05) is 12.1 Å². The van der Waals surface area contributed by atoms with E-state index in [1.54, 1.807) is 12.1 Å². The van der Waals surface area contributed by atoms with Gasteiger partial charge in [0.05, 0.1) is 13.1 Å². The molecule has 0 bridgehead atoms. The highest BCUT2D eigenvalue weighted by Crippen LogP contribution is 2.12. The molecule has 0 aliphatic carbocycles. The summed E-state index contributed by atoms with van der Waals surface area (Å²) in [6.45, 7) is 1.51. The Kier molecular flexibility index (Phi) is 6.86. The first-order valence-electron chi connectivity index (χ1n) is 5.95. The highest BCUT2D eigenvalue weighted by atomic mass is 16.5. The number of carbonyl (C=O) groups is 1. The molecular formula is C12H17N5O2. The Morgan fingerprint density at radius 2 is 2.16 bits per heavy atom. The number of nitrogens with one attached hydrogen (secondary N) is 1. The Morgan fingerprint density at radius 3 is 2.79 bits per heavy atom. The molecule has 19 heavy (non-hydrogen) atoms. The number of nitrogens with zero attached hydrogens (tertiary/aromatic N) is 3. The van der Waals surface area contributed by atoms with Crippen LogP contribution in [0.3, 0.4) is 0 Å². The molecule has 3 N–H and O–H groups in total. The Labute approximate surface area is 111 Å². The van der Waals surface area contributed by atoms with Crippen LogP contribution in [0.25, 0.3) is 10.4 Å². The van der Waals surface area contributed by atoms with E-state index in [4.69, 9.17) is 16.0 Å². The fourth-order valence-corrected chi connectivity index (χ4v) is 1.38. The van der Waals surface area contributed by atoms with Crippen molar-refractivity contribution in [2.45, 2.75) is 13.0 Å². The van der Waals surface area contributed by atoms with E-state index in [0.29, 0.717) is 38.4 Å². The van der Waals surface area contributed by atoms with Gasteiger partial charge in [-0.2, -0.15) is 0 Å². The maximum atomic E-state index is 11.1. The second-order valence-electron chi connectivity index (χ2n) is 3.77. The minimum absolute atomic E-state index is 0.0733. The number of hydrogen-bond donors (Lipinski definition) is 2. The Hall–Kier alpha value is -2.24. The van der Waals surface area contributed by atoms with Gasteiger partial charge in [0.2, 0.25) is 5.91 Å². The van der Waals surface area contributed by atoms with Crippen molar-refractivity contribution in [3.63, 3.8) is 0 Å². The Morgan fingerprint density at radius 1 is 1.42 bits per heavy atom. The van der Waals surface area contributed by atoms with Crippen molar-refractivity contribution < 1.29 is 9.53 Å². The number of nitrogens with two attached hydrogens (primary N) is 1. The van der Waals surface area contributed by atoms with Crippen LogP contribution in [0.2, 0.25) is 0 Å². The molecule has 0 aromatic heterocycles. The average Bonchev–Trinajstić information content (AvgIpc) is 2.43. The third kappa shape index (κ3) is 6.30. The zero-order valence-corrected chi connectivity index (χ0v) is 10.6. The number of carbonyl (C=O) groups excluding carboxylic acids is 1. The van der Waals surface area contributed by atoms with Crippen LogP contribution in [0.1, 0.15) is 12.0 Å². The molecule has 7 nitrogen and oxygen atoms in total. The summed E-state index contributed by atoms with van der Waals surface area (Å²) >= 11 is 0. The first kappa shape index (κ1) is 14.8. The van der Waals surface area contributed by atoms with Crippen molar-refractivity contribution in [3.8, 4) is 5.75 Å². The van der Waals surface area contributed by atoms with Gasteiger partial charge in [0.15, 0.2) is 0 Å². The normalized spacial score (nSPS) is 9.53. The number of azide groups is 1. The minimum Gasteiger partial charge on any atom is -0.492 e. The second kappa shape index (κ2) is 8.79. The molecule has 1 aromatic rings. The molecule has 1 aromatic carbocycles. The van der Waals surface area contributed by atoms with Gasteiger partial charge in [0.25, 0.3) is 0 Å². The molecule has 1 rings (SSSR count). The maximum Gasteiger partial charge on any atom is 0.221 e. The zero-order chi connectivity index (χ0) is 13.9. The van der Waals surface area contributed by atoms with Crippen LogP contribution in [0.5, 0.6) is 5.75 Å². The molecule has 102 valence electrons. The summed E-state index contributed by atoms with van der Waals surface area (Å²) < 4.78 is 5.44. The quantitative estimate of drug-likeness (QED) is 0.319. The standard InChI is InChI=1S/C12H17N5O2/c13-6-5-12(18)15-7-8-19-11-3-1-10(2-4-11)9-16-17-14/h1-4H,5-9,13H2,(H,15,18). The fourth-order valence-electron chi connectivity index (χ4n) is 1.38. The lowest BCUT2D eigenvalue weighted by Crippen LogP contribution is -2.29. The third-order valence-corrected chi connectivity index (χ3v) is 2.30. The lowest BCUT2D eigenvalue weighted by atomic mass is 10.2.